The molecule has 24 heavy (non-hydrogen) atoms. The fourth-order valence-electron chi connectivity index (χ4n) is 3.20. The average molecular weight is 360 g/mol. The van der Waals surface area contributed by atoms with Crippen LogP contribution in [0.4, 0.5) is 0 Å². The number of aromatic amines is 1. The van der Waals surface area contributed by atoms with Gasteiger partial charge in [-0.25, -0.2) is 4.79 Å². The van der Waals surface area contributed by atoms with E-state index < -0.39 is 42.9 Å². The van der Waals surface area contributed by atoms with Gasteiger partial charge in [-0.05, 0) is 26.2 Å². The molecule has 1 saturated heterocycles. The van der Waals surface area contributed by atoms with Crippen LogP contribution in [0.25, 0.3) is 0 Å². The molecule has 8 nitrogen and oxygen atoms in total. The molecule has 136 valence electrons. The van der Waals surface area contributed by atoms with Crippen molar-refractivity contribution in [1.82, 2.24) is 9.55 Å². The Kier molecular flexibility index (Phi) is 5.54. The van der Waals surface area contributed by atoms with E-state index in [0.29, 0.717) is 11.7 Å². The minimum Gasteiger partial charge on any atom is -0.387 e. The van der Waals surface area contributed by atoms with Gasteiger partial charge in [-0.3, -0.25) is 14.3 Å². The summed E-state index contributed by atoms with van der Waals surface area (Å²) in [5.41, 5.74) is -0.743. The van der Waals surface area contributed by atoms with Crippen LogP contribution in [0.1, 0.15) is 18.7 Å². The molecule has 0 amide bonds. The Morgan fingerprint density at radius 3 is 2.62 bits per heavy atom. The molecule has 0 saturated carbocycles. The van der Waals surface area contributed by atoms with Crippen molar-refractivity contribution in [2.24, 2.45) is 5.92 Å². The largest absolute Gasteiger partial charge is 0.387 e. The van der Waals surface area contributed by atoms with E-state index in [2.05, 4.69) is 4.98 Å². The van der Waals surface area contributed by atoms with E-state index in [-0.39, 0.29) is 5.92 Å². The summed E-state index contributed by atoms with van der Waals surface area (Å²) in [6, 6.07) is 0. The number of nitrogens with zero attached hydrogens (tertiary/aromatic N) is 1. The lowest BCUT2D eigenvalue weighted by atomic mass is 10.00. The Morgan fingerprint density at radius 2 is 2.08 bits per heavy atom. The van der Waals surface area contributed by atoms with Gasteiger partial charge in [0.25, 0.3) is 5.56 Å². The van der Waals surface area contributed by atoms with Crippen LogP contribution >= 0.6 is 7.14 Å². The fraction of sp³-hybridized carbons (Fsp3) is 0.733. The number of H-pyrrole nitrogens is 1. The molecule has 9 heteroatoms. The van der Waals surface area contributed by atoms with E-state index in [1.807, 2.05) is 6.92 Å². The predicted octanol–water partition coefficient (Wildman–Crippen LogP) is 0.377. The van der Waals surface area contributed by atoms with Gasteiger partial charge in [-0.15, -0.1) is 0 Å². The van der Waals surface area contributed by atoms with Gasteiger partial charge in [0.1, 0.15) is 12.2 Å². The zero-order valence-electron chi connectivity index (χ0n) is 14.6. The normalized spacial score (nSPS) is 28.9. The number of nitrogens with one attached hydrogen (secondary N) is 1. The van der Waals surface area contributed by atoms with E-state index in [9.17, 15) is 19.3 Å². The molecule has 0 aromatic carbocycles. The molecule has 0 aliphatic carbocycles. The maximum Gasteiger partial charge on any atom is 0.330 e. The molecular weight excluding hydrogens is 335 g/mol. The van der Waals surface area contributed by atoms with Crippen LogP contribution in [0.15, 0.2) is 15.8 Å². The Hall–Kier alpha value is -1.21. The first-order chi connectivity index (χ1) is 11.0. The first-order valence-corrected chi connectivity index (χ1v) is 10.6. The summed E-state index contributed by atoms with van der Waals surface area (Å²) in [7, 11) is -0.871. The third kappa shape index (κ3) is 3.88. The lowest BCUT2D eigenvalue weighted by molar-refractivity contribution is -0.0615. The first kappa shape index (κ1) is 19.1. The highest BCUT2D eigenvalue weighted by molar-refractivity contribution is 7.62. The van der Waals surface area contributed by atoms with E-state index in [1.54, 1.807) is 20.3 Å². The van der Waals surface area contributed by atoms with Crippen molar-refractivity contribution >= 4 is 7.14 Å². The second kappa shape index (κ2) is 6.96. The molecule has 2 N–H and O–H groups in total. The third-order valence-corrected chi connectivity index (χ3v) is 5.69. The number of hydrogen-bond donors (Lipinski definition) is 2. The Balaban J connectivity index is 2.35. The summed E-state index contributed by atoms with van der Waals surface area (Å²) in [6.07, 6.45) is -1.42. The van der Waals surface area contributed by atoms with Crippen molar-refractivity contribution in [2.75, 3.05) is 26.6 Å². The Morgan fingerprint density at radius 1 is 1.46 bits per heavy atom. The summed E-state index contributed by atoms with van der Waals surface area (Å²) in [5, 5.41) is 10.5. The maximum absolute atomic E-state index is 12.1. The molecule has 0 spiro atoms. The average Bonchev–Trinajstić information content (AvgIpc) is 2.77. The first-order valence-electron chi connectivity index (χ1n) is 7.77. The number of ether oxygens (including phenoxy) is 2. The molecule has 0 radical (unpaired) electrons. The highest BCUT2D eigenvalue weighted by Gasteiger charge is 2.47. The molecule has 2 heterocycles. The van der Waals surface area contributed by atoms with E-state index in [4.69, 9.17) is 9.47 Å². The summed E-state index contributed by atoms with van der Waals surface area (Å²) in [6.45, 7) is 6.80. The third-order valence-electron chi connectivity index (χ3n) is 4.23. The number of aromatic nitrogens is 2. The number of rotatable bonds is 5. The maximum atomic E-state index is 12.1. The zero-order valence-corrected chi connectivity index (χ0v) is 15.4. The van der Waals surface area contributed by atoms with Gasteiger partial charge < -0.3 is 19.1 Å². The monoisotopic (exact) mass is 360 g/mol. The van der Waals surface area contributed by atoms with Crippen LogP contribution in [0.3, 0.4) is 0 Å². The highest BCUT2D eigenvalue weighted by atomic mass is 31.2. The van der Waals surface area contributed by atoms with Gasteiger partial charge in [0.2, 0.25) is 0 Å². The summed E-state index contributed by atoms with van der Waals surface area (Å²) in [5.74, 6) is -0.178. The summed E-state index contributed by atoms with van der Waals surface area (Å²) in [4.78, 5) is 25.8. The quantitative estimate of drug-likeness (QED) is 0.735. The molecule has 2 rings (SSSR count). The second-order valence-electron chi connectivity index (χ2n) is 6.89. The van der Waals surface area contributed by atoms with E-state index in [1.165, 1.54) is 17.9 Å². The van der Waals surface area contributed by atoms with E-state index in [0.717, 1.165) is 0 Å². The van der Waals surface area contributed by atoms with Crippen molar-refractivity contribution in [3.8, 4) is 0 Å². The molecule has 1 aromatic rings. The van der Waals surface area contributed by atoms with Crippen LogP contribution < -0.4 is 11.2 Å². The van der Waals surface area contributed by atoms with Gasteiger partial charge in [0.05, 0.1) is 13.2 Å². The number of methoxy groups -OCH3 is 1. The van der Waals surface area contributed by atoms with Gasteiger partial charge in [0, 0.05) is 25.0 Å². The van der Waals surface area contributed by atoms with Crippen LogP contribution in [0.2, 0.25) is 0 Å². The second-order valence-corrected chi connectivity index (χ2v) is 10.4. The number of hydrogen-bond acceptors (Lipinski definition) is 6. The van der Waals surface area contributed by atoms with Gasteiger partial charge in [-0.2, -0.15) is 0 Å². The van der Waals surface area contributed by atoms with Gasteiger partial charge >= 0.3 is 5.69 Å². The predicted molar refractivity (Wildman–Crippen MR) is 90.3 cm³/mol. The molecule has 1 aromatic heterocycles. The fourth-order valence-corrected chi connectivity index (χ4v) is 4.79. The lowest BCUT2D eigenvalue weighted by Crippen LogP contribution is -2.39. The lowest BCUT2D eigenvalue weighted by Gasteiger charge is -2.23. The van der Waals surface area contributed by atoms with E-state index >= 15 is 0 Å². The van der Waals surface area contributed by atoms with Crippen molar-refractivity contribution in [3.63, 3.8) is 0 Å². The van der Waals surface area contributed by atoms with Crippen molar-refractivity contribution in [2.45, 2.75) is 38.4 Å². The number of aliphatic hydroxyl groups is 1. The zero-order chi connectivity index (χ0) is 18.2. The SMILES string of the molecule is CO[C@@H]1[C@H](O)C([C@@H](C)CP(C)(C)=O)O[C@H]1n1cc(C)c(=O)[nH]c1=O. The minimum absolute atomic E-state index is 0.178. The van der Waals surface area contributed by atoms with Crippen LogP contribution in [-0.2, 0) is 14.0 Å². The molecular formula is C15H25N2O6P. The number of aliphatic hydroxyl groups excluding tert-OH is 1. The highest BCUT2D eigenvalue weighted by Crippen LogP contribution is 2.42. The Labute approximate surface area is 140 Å². The smallest absolute Gasteiger partial charge is 0.330 e. The molecule has 1 unspecified atom stereocenters. The van der Waals surface area contributed by atoms with Crippen LogP contribution in [-0.4, -0.2) is 59.6 Å². The minimum atomic E-state index is -2.29. The summed E-state index contributed by atoms with van der Waals surface area (Å²) < 4.78 is 24.5. The molecule has 1 aliphatic rings. The van der Waals surface area contributed by atoms with Gasteiger partial charge in [-0.1, -0.05) is 6.92 Å². The number of aryl methyl sites for hydroxylation is 1. The molecule has 1 fully saturated rings. The van der Waals surface area contributed by atoms with Crippen molar-refractivity contribution < 1.29 is 19.1 Å². The standard InChI is InChI=1S/C15H25N2O6P/c1-8-6-17(15(20)16-13(8)19)14-12(22-3)10(18)11(23-14)9(2)7-24(4,5)21/h6,9-12,14,18H,7H2,1-5H3,(H,16,19,20)/t9-,10+,11?,12+,14+/m0/s1. The molecule has 1 aliphatic heterocycles. The molecule has 0 bridgehead atoms. The topological polar surface area (TPSA) is 111 Å². The summed E-state index contributed by atoms with van der Waals surface area (Å²) >= 11 is 0. The van der Waals surface area contributed by atoms with Crippen LogP contribution in [0.5, 0.6) is 0 Å². The Bertz CT molecular complexity index is 751. The van der Waals surface area contributed by atoms with Crippen molar-refractivity contribution in [3.05, 3.63) is 32.6 Å². The van der Waals surface area contributed by atoms with Gasteiger partial charge in [0.15, 0.2) is 6.23 Å². The molecule has 5 atom stereocenters. The van der Waals surface area contributed by atoms with Crippen molar-refractivity contribution in [1.29, 1.82) is 0 Å². The van der Waals surface area contributed by atoms with Crippen LogP contribution in [0, 0.1) is 12.8 Å².